The monoisotopic (exact) mass is 185 g/mol. The summed E-state index contributed by atoms with van der Waals surface area (Å²) in [5.74, 6) is 0. The van der Waals surface area contributed by atoms with Crippen LogP contribution in [0.4, 0.5) is 0 Å². The first-order valence-electron chi connectivity index (χ1n) is 5.27. The molecule has 0 saturated carbocycles. The van der Waals surface area contributed by atoms with Gasteiger partial charge in [0.05, 0.1) is 6.61 Å². The Morgan fingerprint density at radius 2 is 2.08 bits per heavy atom. The van der Waals surface area contributed by atoms with Gasteiger partial charge in [-0.3, -0.25) is 0 Å². The van der Waals surface area contributed by atoms with Crippen LogP contribution < -0.4 is 5.32 Å². The molecular formula is C10H19NO2. The highest BCUT2D eigenvalue weighted by Crippen LogP contribution is 2.40. The van der Waals surface area contributed by atoms with Crippen LogP contribution in [-0.4, -0.2) is 37.5 Å². The van der Waals surface area contributed by atoms with Crippen molar-refractivity contribution in [3.05, 3.63) is 0 Å². The molecule has 1 spiro atoms. The van der Waals surface area contributed by atoms with E-state index >= 15 is 0 Å². The minimum atomic E-state index is 0.280. The van der Waals surface area contributed by atoms with Crippen molar-refractivity contribution in [3.8, 4) is 0 Å². The normalized spacial score (nSPS) is 33.5. The molecule has 0 aromatic rings. The topological polar surface area (TPSA) is 41.5 Å². The van der Waals surface area contributed by atoms with Gasteiger partial charge in [0.1, 0.15) is 0 Å². The van der Waals surface area contributed by atoms with Crippen LogP contribution in [0, 0.1) is 5.41 Å². The Morgan fingerprint density at radius 1 is 1.31 bits per heavy atom. The quantitative estimate of drug-likeness (QED) is 0.626. The number of aliphatic hydroxyl groups is 1. The Bertz CT molecular complexity index is 161. The number of aliphatic hydroxyl groups excluding tert-OH is 1. The Morgan fingerprint density at radius 3 is 2.77 bits per heavy atom. The third kappa shape index (κ3) is 2.03. The van der Waals surface area contributed by atoms with Crippen molar-refractivity contribution < 1.29 is 9.84 Å². The minimum Gasteiger partial charge on any atom is -0.395 e. The number of nitrogens with one attached hydrogen (secondary N) is 1. The largest absolute Gasteiger partial charge is 0.395 e. The van der Waals surface area contributed by atoms with Gasteiger partial charge in [-0.15, -0.1) is 0 Å². The zero-order valence-electron chi connectivity index (χ0n) is 8.09. The van der Waals surface area contributed by atoms with Gasteiger partial charge in [0.2, 0.25) is 0 Å². The molecule has 2 N–H and O–H groups in total. The lowest BCUT2D eigenvalue weighted by atomic mass is 9.71. The van der Waals surface area contributed by atoms with Crippen molar-refractivity contribution >= 4 is 0 Å². The first kappa shape index (κ1) is 9.44. The van der Waals surface area contributed by atoms with Gasteiger partial charge in [0.15, 0.2) is 0 Å². The van der Waals surface area contributed by atoms with E-state index in [-0.39, 0.29) is 6.61 Å². The molecule has 2 rings (SSSR count). The lowest BCUT2D eigenvalue weighted by Gasteiger charge is -2.43. The summed E-state index contributed by atoms with van der Waals surface area (Å²) in [5, 5.41) is 12.5. The lowest BCUT2D eigenvalue weighted by Crippen LogP contribution is -2.47. The summed E-state index contributed by atoms with van der Waals surface area (Å²) < 4.78 is 5.38. The molecule has 0 aliphatic carbocycles. The van der Waals surface area contributed by atoms with Crippen molar-refractivity contribution in [1.29, 1.82) is 0 Å². The molecule has 2 heterocycles. The predicted octanol–water partition coefficient (Wildman–Crippen LogP) is 0.527. The van der Waals surface area contributed by atoms with E-state index in [0.29, 0.717) is 11.5 Å². The van der Waals surface area contributed by atoms with E-state index in [4.69, 9.17) is 9.84 Å². The van der Waals surface area contributed by atoms with Gasteiger partial charge in [-0.2, -0.15) is 0 Å². The molecule has 0 aromatic heterocycles. The molecule has 0 amide bonds. The maximum absolute atomic E-state index is 9.11. The van der Waals surface area contributed by atoms with Gasteiger partial charge < -0.3 is 15.2 Å². The predicted molar refractivity (Wildman–Crippen MR) is 50.6 cm³/mol. The molecule has 76 valence electrons. The molecule has 3 nitrogen and oxygen atoms in total. The van der Waals surface area contributed by atoms with Crippen LogP contribution in [0.5, 0.6) is 0 Å². The van der Waals surface area contributed by atoms with Gasteiger partial charge in [-0.1, -0.05) is 0 Å². The molecule has 2 saturated heterocycles. The van der Waals surface area contributed by atoms with Crippen LogP contribution in [0.3, 0.4) is 0 Å². The summed E-state index contributed by atoms with van der Waals surface area (Å²) in [7, 11) is 0. The molecule has 0 radical (unpaired) electrons. The fourth-order valence-corrected chi connectivity index (χ4v) is 2.63. The van der Waals surface area contributed by atoms with E-state index in [1.807, 2.05) is 0 Å². The van der Waals surface area contributed by atoms with E-state index in [9.17, 15) is 0 Å². The molecule has 1 unspecified atom stereocenters. The summed E-state index contributed by atoms with van der Waals surface area (Å²) in [4.78, 5) is 0. The molecular weight excluding hydrogens is 166 g/mol. The molecule has 13 heavy (non-hydrogen) atoms. The van der Waals surface area contributed by atoms with Gasteiger partial charge in [0, 0.05) is 19.3 Å². The van der Waals surface area contributed by atoms with Crippen LogP contribution >= 0.6 is 0 Å². The van der Waals surface area contributed by atoms with Crippen LogP contribution in [0.2, 0.25) is 0 Å². The summed E-state index contributed by atoms with van der Waals surface area (Å²) >= 11 is 0. The van der Waals surface area contributed by atoms with Gasteiger partial charge in [0.25, 0.3) is 0 Å². The number of ether oxygens (including phenoxy) is 1. The Kier molecular flexibility index (Phi) is 2.86. The van der Waals surface area contributed by atoms with Crippen molar-refractivity contribution in [3.63, 3.8) is 0 Å². The highest BCUT2D eigenvalue weighted by molar-refractivity contribution is 4.90. The first-order valence-corrected chi connectivity index (χ1v) is 5.27. The number of piperidine rings is 1. The van der Waals surface area contributed by atoms with Crippen LogP contribution in [0.15, 0.2) is 0 Å². The average Bonchev–Trinajstić information content (AvgIpc) is 2.19. The third-order valence-electron chi connectivity index (χ3n) is 3.54. The molecule has 0 bridgehead atoms. The average molecular weight is 185 g/mol. The Balaban J connectivity index is 1.95. The number of rotatable bonds is 1. The molecule has 3 heteroatoms. The van der Waals surface area contributed by atoms with Gasteiger partial charge in [-0.05, 0) is 37.6 Å². The minimum absolute atomic E-state index is 0.280. The fraction of sp³-hybridized carbons (Fsp3) is 1.00. The molecule has 2 aliphatic rings. The second kappa shape index (κ2) is 3.95. The van der Waals surface area contributed by atoms with Crippen molar-refractivity contribution in [2.45, 2.75) is 31.7 Å². The SMILES string of the molecule is OCC1CC2(CCN1)CCOCC2. The molecule has 2 fully saturated rings. The van der Waals surface area contributed by atoms with Gasteiger partial charge in [-0.25, -0.2) is 0 Å². The van der Waals surface area contributed by atoms with E-state index in [0.717, 1.165) is 26.2 Å². The summed E-state index contributed by atoms with van der Waals surface area (Å²) in [6.07, 6.45) is 4.76. The van der Waals surface area contributed by atoms with E-state index < -0.39 is 0 Å². The van der Waals surface area contributed by atoms with Crippen molar-refractivity contribution in [2.24, 2.45) is 5.41 Å². The summed E-state index contributed by atoms with van der Waals surface area (Å²) in [5.41, 5.74) is 0.483. The second-order valence-electron chi connectivity index (χ2n) is 4.40. The van der Waals surface area contributed by atoms with Gasteiger partial charge >= 0.3 is 0 Å². The standard InChI is InChI=1S/C10H19NO2/c12-8-9-7-10(1-4-11-9)2-5-13-6-3-10/h9,11-12H,1-8H2. The first-order chi connectivity index (χ1) is 6.35. The highest BCUT2D eigenvalue weighted by atomic mass is 16.5. The third-order valence-corrected chi connectivity index (χ3v) is 3.54. The van der Waals surface area contributed by atoms with Crippen LogP contribution in [-0.2, 0) is 4.74 Å². The number of hydrogen-bond donors (Lipinski definition) is 2. The number of hydrogen-bond acceptors (Lipinski definition) is 3. The zero-order chi connectivity index (χ0) is 9.15. The highest BCUT2D eigenvalue weighted by Gasteiger charge is 2.37. The fourth-order valence-electron chi connectivity index (χ4n) is 2.63. The molecule has 1 atom stereocenters. The Hall–Kier alpha value is -0.120. The molecule has 2 aliphatic heterocycles. The van der Waals surface area contributed by atoms with Crippen LogP contribution in [0.25, 0.3) is 0 Å². The van der Waals surface area contributed by atoms with Crippen molar-refractivity contribution in [2.75, 3.05) is 26.4 Å². The van der Waals surface area contributed by atoms with Crippen molar-refractivity contribution in [1.82, 2.24) is 5.32 Å². The zero-order valence-corrected chi connectivity index (χ0v) is 8.09. The maximum Gasteiger partial charge on any atom is 0.0584 e. The van der Waals surface area contributed by atoms with E-state index in [2.05, 4.69) is 5.32 Å². The van der Waals surface area contributed by atoms with E-state index in [1.54, 1.807) is 0 Å². The lowest BCUT2D eigenvalue weighted by molar-refractivity contribution is -0.0145. The maximum atomic E-state index is 9.11. The summed E-state index contributed by atoms with van der Waals surface area (Å²) in [6.45, 7) is 3.17. The smallest absolute Gasteiger partial charge is 0.0584 e. The summed E-state index contributed by atoms with van der Waals surface area (Å²) in [6, 6.07) is 0.326. The second-order valence-corrected chi connectivity index (χ2v) is 4.40. The van der Waals surface area contributed by atoms with E-state index in [1.165, 1.54) is 19.3 Å². The Labute approximate surface area is 79.5 Å². The van der Waals surface area contributed by atoms with Crippen LogP contribution in [0.1, 0.15) is 25.7 Å². The molecule has 0 aromatic carbocycles.